The molecule has 6 heteroatoms. The third kappa shape index (κ3) is 4.93. The zero-order valence-electron chi connectivity index (χ0n) is 23.5. The summed E-state index contributed by atoms with van der Waals surface area (Å²) >= 11 is 0. The van der Waals surface area contributed by atoms with E-state index in [1.807, 2.05) is 0 Å². The molecule has 2 aliphatic carbocycles. The van der Waals surface area contributed by atoms with Crippen LogP contribution in [0, 0.1) is 12.8 Å². The Labute approximate surface area is 232 Å². The van der Waals surface area contributed by atoms with E-state index in [0.717, 1.165) is 93.1 Å². The number of rotatable bonds is 7. The Kier molecular flexibility index (Phi) is 6.56. The normalized spacial score (nSPS) is 20.5. The van der Waals surface area contributed by atoms with Crippen molar-refractivity contribution in [2.24, 2.45) is 5.92 Å². The van der Waals surface area contributed by atoms with Gasteiger partial charge in [0.15, 0.2) is 0 Å². The molecule has 39 heavy (non-hydrogen) atoms. The van der Waals surface area contributed by atoms with E-state index in [2.05, 4.69) is 69.9 Å². The Bertz CT molecular complexity index is 1440. The molecule has 0 atom stereocenters. The minimum atomic E-state index is 0.168. The minimum absolute atomic E-state index is 0.168. The van der Waals surface area contributed by atoms with Gasteiger partial charge in [0.05, 0.1) is 5.52 Å². The highest BCUT2D eigenvalue weighted by molar-refractivity contribution is 6.05. The maximum absolute atomic E-state index is 14.0. The molecule has 1 amide bonds. The molecular weight excluding hydrogens is 482 g/mol. The Morgan fingerprint density at radius 1 is 1.03 bits per heavy atom. The van der Waals surface area contributed by atoms with Gasteiger partial charge in [-0.15, -0.1) is 0 Å². The lowest BCUT2D eigenvalue weighted by Crippen LogP contribution is -2.49. The highest BCUT2D eigenvalue weighted by Gasteiger charge is 2.33. The van der Waals surface area contributed by atoms with E-state index in [1.165, 1.54) is 53.4 Å². The first-order chi connectivity index (χ1) is 19.1. The lowest BCUT2D eigenvalue weighted by Gasteiger charge is -2.35. The van der Waals surface area contributed by atoms with Crippen LogP contribution < -0.4 is 5.32 Å². The summed E-state index contributed by atoms with van der Waals surface area (Å²) < 4.78 is 2.57. The molecule has 0 unspecified atom stereocenters. The molecule has 0 spiro atoms. The predicted molar refractivity (Wildman–Crippen MR) is 158 cm³/mol. The minimum Gasteiger partial charge on any atom is -0.340 e. The lowest BCUT2D eigenvalue weighted by molar-refractivity contribution is 0.0627. The molecule has 6 nitrogen and oxygen atoms in total. The number of nitrogens with zero attached hydrogens (tertiary/aromatic N) is 4. The number of hydrogen-bond acceptors (Lipinski definition) is 4. The summed E-state index contributed by atoms with van der Waals surface area (Å²) in [6.07, 6.45) is 9.60. The first-order valence-corrected chi connectivity index (χ1v) is 15.2. The van der Waals surface area contributed by atoms with Crippen LogP contribution >= 0.6 is 0 Å². The van der Waals surface area contributed by atoms with Gasteiger partial charge in [0, 0.05) is 84.5 Å². The molecule has 3 aromatic rings. The third-order valence-corrected chi connectivity index (χ3v) is 9.14. The molecule has 2 aliphatic heterocycles. The molecule has 204 valence electrons. The maximum Gasteiger partial charge on any atom is 0.253 e. The molecule has 1 aromatic carbocycles. The fourth-order valence-electron chi connectivity index (χ4n) is 6.63. The second kappa shape index (κ2) is 10.2. The van der Waals surface area contributed by atoms with Crippen molar-refractivity contribution in [3.63, 3.8) is 0 Å². The van der Waals surface area contributed by atoms with Gasteiger partial charge in [-0.1, -0.05) is 19.1 Å². The van der Waals surface area contributed by atoms with E-state index < -0.39 is 0 Å². The van der Waals surface area contributed by atoms with Crippen molar-refractivity contribution >= 4 is 22.4 Å². The highest BCUT2D eigenvalue weighted by Crippen LogP contribution is 2.40. The molecule has 2 aromatic heterocycles. The van der Waals surface area contributed by atoms with Gasteiger partial charge >= 0.3 is 0 Å². The Morgan fingerprint density at radius 2 is 1.85 bits per heavy atom. The van der Waals surface area contributed by atoms with E-state index in [0.29, 0.717) is 0 Å². The molecule has 0 radical (unpaired) electrons. The fourth-order valence-corrected chi connectivity index (χ4v) is 6.63. The summed E-state index contributed by atoms with van der Waals surface area (Å²) in [7, 11) is 0. The van der Waals surface area contributed by atoms with Gasteiger partial charge in [0.1, 0.15) is 0 Å². The first-order valence-electron chi connectivity index (χ1n) is 15.2. The molecule has 4 aliphatic rings. The Balaban J connectivity index is 1.37. The fraction of sp³-hybridized carbons (Fsp3) is 0.515. The van der Waals surface area contributed by atoms with E-state index in [9.17, 15) is 4.79 Å². The van der Waals surface area contributed by atoms with E-state index >= 15 is 0 Å². The number of hydrogen-bond donors (Lipinski definition) is 1. The van der Waals surface area contributed by atoms with Crippen LogP contribution in [0.4, 0.5) is 0 Å². The first kappa shape index (κ1) is 25.0. The number of nitrogens with one attached hydrogen (secondary N) is 1. The molecule has 2 saturated carbocycles. The second-order valence-electron chi connectivity index (χ2n) is 12.1. The van der Waals surface area contributed by atoms with Gasteiger partial charge in [-0.2, -0.15) is 0 Å². The van der Waals surface area contributed by atoms with Gasteiger partial charge in [0.2, 0.25) is 0 Å². The van der Waals surface area contributed by atoms with Crippen LogP contribution in [0.5, 0.6) is 0 Å². The van der Waals surface area contributed by atoms with Gasteiger partial charge < -0.3 is 14.8 Å². The number of fused-ring (bicyclic) bond motifs is 1. The summed E-state index contributed by atoms with van der Waals surface area (Å²) in [5.41, 5.74) is 9.24. The van der Waals surface area contributed by atoms with Crippen LogP contribution in [0.2, 0.25) is 0 Å². The van der Waals surface area contributed by atoms with E-state index in [-0.39, 0.29) is 5.91 Å². The van der Waals surface area contributed by atoms with Crippen LogP contribution in [0.15, 0.2) is 36.4 Å². The summed E-state index contributed by atoms with van der Waals surface area (Å²) in [6.45, 7) is 10.9. The number of amides is 1. The molecule has 3 fully saturated rings. The van der Waals surface area contributed by atoms with Crippen molar-refractivity contribution in [3.8, 4) is 11.1 Å². The van der Waals surface area contributed by atoms with Crippen molar-refractivity contribution in [1.82, 2.24) is 24.7 Å². The van der Waals surface area contributed by atoms with Crippen LogP contribution in [0.3, 0.4) is 0 Å². The van der Waals surface area contributed by atoms with Crippen molar-refractivity contribution in [1.29, 1.82) is 0 Å². The van der Waals surface area contributed by atoms with Crippen molar-refractivity contribution in [3.05, 3.63) is 59.1 Å². The zero-order chi connectivity index (χ0) is 26.5. The van der Waals surface area contributed by atoms with Gasteiger partial charge in [-0.05, 0) is 87.7 Å². The van der Waals surface area contributed by atoms with Crippen molar-refractivity contribution in [2.75, 3.05) is 39.3 Å². The SMILES string of the molecule is CCc1nc(C)ccc1-c1cc(C(=O)N2CCN(C3CC3)CC2)cc2cc(C3=CCCNC3)n(CC3CC3)c12. The molecule has 0 bridgehead atoms. The molecule has 4 heterocycles. The largest absolute Gasteiger partial charge is 0.340 e. The van der Waals surface area contributed by atoms with Crippen molar-refractivity contribution < 1.29 is 4.79 Å². The summed E-state index contributed by atoms with van der Waals surface area (Å²) in [5, 5.41) is 4.75. The highest BCUT2D eigenvalue weighted by atomic mass is 16.2. The zero-order valence-corrected chi connectivity index (χ0v) is 23.5. The van der Waals surface area contributed by atoms with E-state index in [4.69, 9.17) is 4.98 Å². The Morgan fingerprint density at radius 3 is 2.54 bits per heavy atom. The topological polar surface area (TPSA) is 53.4 Å². The average molecular weight is 524 g/mol. The van der Waals surface area contributed by atoms with Crippen LogP contribution in [0.25, 0.3) is 27.6 Å². The molecule has 1 saturated heterocycles. The van der Waals surface area contributed by atoms with Crippen molar-refractivity contribution in [2.45, 2.75) is 65.0 Å². The summed E-state index contributed by atoms with van der Waals surface area (Å²) in [6, 6.07) is 11.8. The quantitative estimate of drug-likeness (QED) is 0.458. The predicted octanol–water partition coefficient (Wildman–Crippen LogP) is 5.28. The Hall–Kier alpha value is -2.96. The monoisotopic (exact) mass is 523 g/mol. The number of piperazine rings is 1. The van der Waals surface area contributed by atoms with Gasteiger partial charge in [-0.3, -0.25) is 14.7 Å². The number of benzene rings is 1. The van der Waals surface area contributed by atoms with Gasteiger partial charge in [0.25, 0.3) is 5.91 Å². The third-order valence-electron chi connectivity index (χ3n) is 9.14. The molecule has 1 N–H and O–H groups in total. The van der Waals surface area contributed by atoms with Crippen LogP contribution in [-0.4, -0.2) is 70.6 Å². The van der Waals surface area contributed by atoms with Crippen LogP contribution in [-0.2, 0) is 13.0 Å². The number of aryl methyl sites for hydroxylation is 2. The molecule has 7 rings (SSSR count). The number of carbonyl (C=O) groups excluding carboxylic acids is 1. The number of carbonyl (C=O) groups is 1. The smallest absolute Gasteiger partial charge is 0.253 e. The number of pyridine rings is 1. The summed E-state index contributed by atoms with van der Waals surface area (Å²) in [4.78, 5) is 23.6. The number of aromatic nitrogens is 2. The average Bonchev–Trinajstić information content (AvgIpc) is 3.91. The lowest BCUT2D eigenvalue weighted by atomic mass is 9.96. The molecular formula is C33H41N5O. The standard InChI is InChI=1S/C33H41N5O/c1-3-30-28(11-6-22(2)35-30)29-18-26(33(39)37-15-13-36(14-16-37)27-9-10-27)17-25-19-31(24-5-4-12-34-20-24)38(32(25)29)21-23-7-8-23/h5-6,11,17-19,23,27,34H,3-4,7-10,12-16,20-21H2,1-2H3. The maximum atomic E-state index is 14.0. The van der Waals surface area contributed by atoms with E-state index in [1.54, 1.807) is 0 Å². The van der Waals surface area contributed by atoms with Crippen LogP contribution in [0.1, 0.15) is 66.5 Å². The second-order valence-corrected chi connectivity index (χ2v) is 12.1. The van der Waals surface area contributed by atoms with Gasteiger partial charge in [-0.25, -0.2) is 0 Å². The summed E-state index contributed by atoms with van der Waals surface area (Å²) in [5.74, 6) is 0.914.